The maximum atomic E-state index is 12.9. The van der Waals surface area contributed by atoms with Crippen molar-refractivity contribution in [2.45, 2.75) is 4.90 Å². The molecule has 2 aromatic carbocycles. The number of carboxylic acids is 1. The van der Waals surface area contributed by atoms with E-state index in [4.69, 9.17) is 14.3 Å². The van der Waals surface area contributed by atoms with Gasteiger partial charge in [-0.2, -0.15) is 4.31 Å². The van der Waals surface area contributed by atoms with Crippen LogP contribution in [0, 0.1) is 0 Å². The Balaban J connectivity index is 1.50. The summed E-state index contributed by atoms with van der Waals surface area (Å²) in [6.07, 6.45) is 0. The molecule has 1 aliphatic rings. The number of fused-ring (bicyclic) bond motifs is 1. The molecule has 1 saturated heterocycles. The molecule has 0 unspecified atom stereocenters. The zero-order valence-corrected chi connectivity index (χ0v) is 16.6. The lowest BCUT2D eigenvalue weighted by atomic mass is 10.2. The van der Waals surface area contributed by atoms with Crippen LogP contribution < -0.4 is 9.64 Å². The SMILES string of the molecule is COc1cccc(S(=O)(=O)N2CCN(c3ccc4oc(C(=O)O)cc4c3)CC2)c1. The van der Waals surface area contributed by atoms with E-state index in [0.29, 0.717) is 42.9 Å². The lowest BCUT2D eigenvalue weighted by molar-refractivity contribution is 0.0665. The Morgan fingerprint density at radius 1 is 1.07 bits per heavy atom. The van der Waals surface area contributed by atoms with Gasteiger partial charge in [-0.25, -0.2) is 13.2 Å². The van der Waals surface area contributed by atoms with Crippen molar-refractivity contribution in [2.24, 2.45) is 0 Å². The van der Waals surface area contributed by atoms with Gasteiger partial charge < -0.3 is 19.2 Å². The van der Waals surface area contributed by atoms with Crippen molar-refractivity contribution in [3.63, 3.8) is 0 Å². The van der Waals surface area contributed by atoms with E-state index < -0.39 is 16.0 Å². The van der Waals surface area contributed by atoms with E-state index >= 15 is 0 Å². The smallest absolute Gasteiger partial charge is 0.371 e. The molecule has 9 heteroatoms. The highest BCUT2D eigenvalue weighted by molar-refractivity contribution is 7.89. The van der Waals surface area contributed by atoms with E-state index in [1.165, 1.54) is 23.5 Å². The summed E-state index contributed by atoms with van der Waals surface area (Å²) in [6.45, 7) is 1.75. The first-order valence-corrected chi connectivity index (χ1v) is 10.5. The molecule has 1 aromatic heterocycles. The van der Waals surface area contributed by atoms with Crippen LogP contribution in [0.15, 0.2) is 57.8 Å². The molecule has 0 saturated carbocycles. The van der Waals surface area contributed by atoms with E-state index in [0.717, 1.165) is 5.69 Å². The number of sulfonamides is 1. The van der Waals surface area contributed by atoms with Gasteiger partial charge in [-0.05, 0) is 36.4 Å². The summed E-state index contributed by atoms with van der Waals surface area (Å²) in [5.41, 5.74) is 1.40. The predicted molar refractivity (Wildman–Crippen MR) is 107 cm³/mol. The van der Waals surface area contributed by atoms with Gasteiger partial charge in [0.1, 0.15) is 11.3 Å². The first kappa shape index (κ1) is 19.3. The van der Waals surface area contributed by atoms with Crippen LogP contribution in [-0.2, 0) is 10.0 Å². The maximum absolute atomic E-state index is 12.9. The molecule has 0 spiro atoms. The van der Waals surface area contributed by atoms with Gasteiger partial charge in [0.2, 0.25) is 15.8 Å². The van der Waals surface area contributed by atoms with Gasteiger partial charge in [0, 0.05) is 43.3 Å². The summed E-state index contributed by atoms with van der Waals surface area (Å²) >= 11 is 0. The second kappa shape index (κ2) is 7.41. The molecule has 3 aromatic rings. The third-order valence-corrected chi connectivity index (χ3v) is 6.89. The molecule has 1 aliphatic heterocycles. The van der Waals surface area contributed by atoms with E-state index in [1.54, 1.807) is 24.3 Å². The minimum Gasteiger partial charge on any atom is -0.497 e. The van der Waals surface area contributed by atoms with Gasteiger partial charge in [0.25, 0.3) is 0 Å². The average molecular weight is 416 g/mol. The van der Waals surface area contributed by atoms with Crippen molar-refractivity contribution in [1.29, 1.82) is 0 Å². The first-order chi connectivity index (χ1) is 13.9. The number of rotatable bonds is 5. The summed E-state index contributed by atoms with van der Waals surface area (Å²) in [6, 6.07) is 13.4. The third-order valence-electron chi connectivity index (χ3n) is 4.99. The highest BCUT2D eigenvalue weighted by atomic mass is 32.2. The van der Waals surface area contributed by atoms with Crippen molar-refractivity contribution >= 4 is 32.6 Å². The quantitative estimate of drug-likeness (QED) is 0.682. The van der Waals surface area contributed by atoms with Crippen LogP contribution in [0.5, 0.6) is 5.75 Å². The van der Waals surface area contributed by atoms with Crippen LogP contribution in [-0.4, -0.2) is 57.1 Å². The van der Waals surface area contributed by atoms with Gasteiger partial charge in [-0.1, -0.05) is 6.07 Å². The van der Waals surface area contributed by atoms with Crippen molar-refractivity contribution in [1.82, 2.24) is 4.31 Å². The molecular weight excluding hydrogens is 396 g/mol. The highest BCUT2D eigenvalue weighted by Crippen LogP contribution is 2.27. The molecule has 0 aliphatic carbocycles. The Labute approximate surface area is 167 Å². The van der Waals surface area contributed by atoms with Crippen molar-refractivity contribution in [3.8, 4) is 5.75 Å². The molecule has 1 N–H and O–H groups in total. The lowest BCUT2D eigenvalue weighted by Gasteiger charge is -2.35. The van der Waals surface area contributed by atoms with Gasteiger partial charge in [0.05, 0.1) is 12.0 Å². The molecular formula is C20H20N2O6S. The Morgan fingerprint density at radius 2 is 1.83 bits per heavy atom. The fourth-order valence-electron chi connectivity index (χ4n) is 3.43. The van der Waals surface area contributed by atoms with Crippen molar-refractivity contribution in [3.05, 3.63) is 54.3 Å². The van der Waals surface area contributed by atoms with Gasteiger partial charge in [-0.15, -0.1) is 0 Å². The molecule has 0 amide bonds. The van der Waals surface area contributed by atoms with Gasteiger partial charge in [-0.3, -0.25) is 0 Å². The number of carbonyl (C=O) groups is 1. The Hall–Kier alpha value is -3.04. The van der Waals surface area contributed by atoms with Crippen LogP contribution in [0.1, 0.15) is 10.6 Å². The Bertz CT molecular complexity index is 1160. The molecule has 1 fully saturated rings. The standard InChI is InChI=1S/C20H20N2O6S/c1-27-16-3-2-4-17(13-16)29(25,26)22-9-7-21(8-10-22)15-5-6-18-14(11-15)12-19(28-18)20(23)24/h2-6,11-13H,7-10H2,1H3,(H,23,24). The zero-order valence-electron chi connectivity index (χ0n) is 15.7. The number of hydrogen-bond acceptors (Lipinski definition) is 6. The Kier molecular flexibility index (Phi) is 4.93. The monoisotopic (exact) mass is 416 g/mol. The molecule has 29 heavy (non-hydrogen) atoms. The number of ether oxygens (including phenoxy) is 1. The predicted octanol–water partition coefficient (Wildman–Crippen LogP) is 2.65. The van der Waals surface area contributed by atoms with Gasteiger partial charge >= 0.3 is 5.97 Å². The topological polar surface area (TPSA) is 100 Å². The van der Waals surface area contributed by atoms with Crippen LogP contribution in [0.4, 0.5) is 5.69 Å². The highest BCUT2D eigenvalue weighted by Gasteiger charge is 2.29. The van der Waals surface area contributed by atoms with Crippen molar-refractivity contribution in [2.75, 3.05) is 38.2 Å². The minimum absolute atomic E-state index is 0.105. The average Bonchev–Trinajstić information content (AvgIpc) is 3.18. The van der Waals surface area contributed by atoms with E-state index in [1.807, 2.05) is 12.1 Å². The fourth-order valence-corrected chi connectivity index (χ4v) is 4.89. The number of furan rings is 1. The second-order valence-electron chi connectivity index (χ2n) is 6.71. The van der Waals surface area contributed by atoms with Crippen LogP contribution in [0.3, 0.4) is 0 Å². The first-order valence-electron chi connectivity index (χ1n) is 9.04. The molecule has 152 valence electrons. The summed E-state index contributed by atoms with van der Waals surface area (Å²) in [5, 5.41) is 9.76. The Morgan fingerprint density at radius 3 is 2.52 bits per heavy atom. The van der Waals surface area contributed by atoms with Crippen LogP contribution in [0.25, 0.3) is 11.0 Å². The minimum atomic E-state index is -3.59. The third kappa shape index (κ3) is 3.66. The number of aromatic carboxylic acids is 1. The fraction of sp³-hybridized carbons (Fsp3) is 0.250. The number of carboxylic acid groups (broad SMARTS) is 1. The van der Waals surface area contributed by atoms with Gasteiger partial charge in [0.15, 0.2) is 0 Å². The molecule has 8 nitrogen and oxygen atoms in total. The van der Waals surface area contributed by atoms with E-state index in [9.17, 15) is 13.2 Å². The number of piperazine rings is 1. The summed E-state index contributed by atoms with van der Waals surface area (Å²) in [4.78, 5) is 13.4. The summed E-state index contributed by atoms with van der Waals surface area (Å²) < 4.78 is 37.7. The molecule has 0 atom stereocenters. The van der Waals surface area contributed by atoms with E-state index in [-0.39, 0.29) is 10.7 Å². The molecule has 4 rings (SSSR count). The lowest BCUT2D eigenvalue weighted by Crippen LogP contribution is -2.48. The van der Waals surface area contributed by atoms with Crippen LogP contribution in [0.2, 0.25) is 0 Å². The van der Waals surface area contributed by atoms with Crippen LogP contribution >= 0.6 is 0 Å². The molecule has 0 radical (unpaired) electrons. The van der Waals surface area contributed by atoms with Crippen molar-refractivity contribution < 1.29 is 27.5 Å². The second-order valence-corrected chi connectivity index (χ2v) is 8.65. The number of hydrogen-bond donors (Lipinski definition) is 1. The summed E-state index contributed by atoms with van der Waals surface area (Å²) in [5.74, 6) is -0.718. The number of anilines is 1. The molecule has 2 heterocycles. The largest absolute Gasteiger partial charge is 0.497 e. The maximum Gasteiger partial charge on any atom is 0.371 e. The van der Waals surface area contributed by atoms with E-state index in [2.05, 4.69) is 4.90 Å². The number of methoxy groups -OCH3 is 1. The number of benzene rings is 2. The zero-order chi connectivity index (χ0) is 20.6. The normalized spacial score (nSPS) is 15.6. The molecule has 0 bridgehead atoms. The number of nitrogens with zero attached hydrogens (tertiary/aromatic N) is 2. The summed E-state index contributed by atoms with van der Waals surface area (Å²) in [7, 11) is -2.09.